The van der Waals surface area contributed by atoms with Gasteiger partial charge in [0.05, 0.1) is 16.3 Å². The number of rotatable bonds is 6. The maximum Gasteiger partial charge on any atom is 0.271 e. The van der Waals surface area contributed by atoms with Gasteiger partial charge in [-0.1, -0.05) is 61.3 Å². The first kappa shape index (κ1) is 23.5. The van der Waals surface area contributed by atoms with Crippen LogP contribution in [0.15, 0.2) is 71.8 Å². The third-order valence-corrected chi connectivity index (χ3v) is 5.45. The highest BCUT2D eigenvalue weighted by atomic mass is 35.5. The number of amides is 2. The highest BCUT2D eigenvalue weighted by Crippen LogP contribution is 2.22. The Morgan fingerprint density at radius 1 is 0.844 bits per heavy atom. The first-order valence-corrected chi connectivity index (χ1v) is 10.8. The van der Waals surface area contributed by atoms with Crippen LogP contribution in [0.4, 0.5) is 5.69 Å². The van der Waals surface area contributed by atoms with E-state index >= 15 is 0 Å². The SMILES string of the molecule is C/C(=N\NC(=O)c1ccc(C(C)C)cc1)c1ccc(NC(=O)c2ccc(Cl)cc2Cl)cc1. The van der Waals surface area contributed by atoms with Crippen LogP contribution >= 0.6 is 23.2 Å². The van der Waals surface area contributed by atoms with Gasteiger partial charge in [0.1, 0.15) is 0 Å². The Kier molecular flexibility index (Phi) is 7.67. The molecule has 0 saturated carbocycles. The number of carbonyl (C=O) groups is 2. The summed E-state index contributed by atoms with van der Waals surface area (Å²) in [6.07, 6.45) is 0. The summed E-state index contributed by atoms with van der Waals surface area (Å²) in [5, 5.41) is 7.72. The fourth-order valence-electron chi connectivity index (χ4n) is 2.95. The van der Waals surface area contributed by atoms with E-state index in [1.165, 1.54) is 11.6 Å². The van der Waals surface area contributed by atoms with Crippen LogP contribution in [0.5, 0.6) is 0 Å². The summed E-state index contributed by atoms with van der Waals surface area (Å²) in [6, 6.07) is 19.3. The average Bonchev–Trinajstić information content (AvgIpc) is 2.77. The Labute approximate surface area is 197 Å². The maximum atomic E-state index is 12.4. The van der Waals surface area contributed by atoms with E-state index in [1.807, 2.05) is 24.3 Å². The normalized spacial score (nSPS) is 11.4. The van der Waals surface area contributed by atoms with Crippen molar-refractivity contribution >= 4 is 46.4 Å². The van der Waals surface area contributed by atoms with Gasteiger partial charge in [-0.15, -0.1) is 0 Å². The number of hydrazone groups is 1. The van der Waals surface area contributed by atoms with Crippen LogP contribution in [0.2, 0.25) is 10.0 Å². The van der Waals surface area contributed by atoms with Crippen molar-refractivity contribution in [2.75, 3.05) is 5.32 Å². The molecule has 2 amide bonds. The lowest BCUT2D eigenvalue weighted by Gasteiger charge is -2.09. The van der Waals surface area contributed by atoms with Gasteiger partial charge in [0, 0.05) is 16.3 Å². The molecule has 2 N–H and O–H groups in total. The highest BCUT2D eigenvalue weighted by Gasteiger charge is 2.11. The molecule has 0 fully saturated rings. The summed E-state index contributed by atoms with van der Waals surface area (Å²) in [4.78, 5) is 24.8. The van der Waals surface area contributed by atoms with E-state index in [0.717, 1.165) is 5.56 Å². The summed E-state index contributed by atoms with van der Waals surface area (Å²) in [5.41, 5.74) is 6.68. The van der Waals surface area contributed by atoms with Crippen molar-refractivity contribution in [1.29, 1.82) is 0 Å². The first-order chi connectivity index (χ1) is 15.2. The zero-order valence-electron chi connectivity index (χ0n) is 17.9. The van der Waals surface area contributed by atoms with Crippen molar-refractivity contribution < 1.29 is 9.59 Å². The number of nitrogens with one attached hydrogen (secondary N) is 2. The molecule has 164 valence electrons. The lowest BCUT2D eigenvalue weighted by Crippen LogP contribution is -2.19. The van der Waals surface area contributed by atoms with Gasteiger partial charge in [-0.2, -0.15) is 5.10 Å². The second-order valence-corrected chi connectivity index (χ2v) is 8.41. The molecule has 32 heavy (non-hydrogen) atoms. The van der Waals surface area contributed by atoms with Crippen LogP contribution in [-0.2, 0) is 0 Å². The smallest absolute Gasteiger partial charge is 0.271 e. The predicted octanol–water partition coefficient (Wildman–Crippen LogP) is 6.52. The summed E-state index contributed by atoms with van der Waals surface area (Å²) in [7, 11) is 0. The van der Waals surface area contributed by atoms with Gasteiger partial charge in [0.15, 0.2) is 0 Å². The maximum absolute atomic E-state index is 12.4. The van der Waals surface area contributed by atoms with Crippen LogP contribution in [0, 0.1) is 0 Å². The lowest BCUT2D eigenvalue weighted by atomic mass is 10.0. The van der Waals surface area contributed by atoms with E-state index in [-0.39, 0.29) is 16.8 Å². The van der Waals surface area contributed by atoms with Crippen LogP contribution in [0.3, 0.4) is 0 Å². The van der Waals surface area contributed by atoms with Crippen molar-refractivity contribution in [2.45, 2.75) is 26.7 Å². The van der Waals surface area contributed by atoms with Crippen molar-refractivity contribution in [1.82, 2.24) is 5.43 Å². The number of anilines is 1. The summed E-state index contributed by atoms with van der Waals surface area (Å²) >= 11 is 12.0. The van der Waals surface area contributed by atoms with Gasteiger partial charge >= 0.3 is 0 Å². The molecule has 7 heteroatoms. The topological polar surface area (TPSA) is 70.6 Å². The number of nitrogens with zero attached hydrogens (tertiary/aromatic N) is 1. The quantitative estimate of drug-likeness (QED) is 0.319. The van der Waals surface area contributed by atoms with E-state index < -0.39 is 0 Å². The average molecular weight is 468 g/mol. The minimum atomic E-state index is -0.333. The molecule has 0 radical (unpaired) electrons. The van der Waals surface area contributed by atoms with Crippen LogP contribution in [-0.4, -0.2) is 17.5 Å². The second kappa shape index (κ2) is 10.4. The Hall–Kier alpha value is -3.15. The molecule has 0 unspecified atom stereocenters. The van der Waals surface area contributed by atoms with Gasteiger partial charge in [-0.05, 0) is 66.4 Å². The molecule has 5 nitrogen and oxygen atoms in total. The fourth-order valence-corrected chi connectivity index (χ4v) is 3.44. The molecular weight excluding hydrogens is 445 g/mol. The number of hydrogen-bond acceptors (Lipinski definition) is 3. The molecule has 0 spiro atoms. The van der Waals surface area contributed by atoms with E-state index in [0.29, 0.717) is 33.5 Å². The second-order valence-electron chi connectivity index (χ2n) is 7.57. The Balaban J connectivity index is 1.62. The monoisotopic (exact) mass is 467 g/mol. The van der Waals surface area contributed by atoms with Gasteiger partial charge in [-0.3, -0.25) is 9.59 Å². The predicted molar refractivity (Wildman–Crippen MR) is 131 cm³/mol. The molecule has 0 atom stereocenters. The molecule has 3 rings (SSSR count). The number of carbonyl (C=O) groups excluding carboxylic acids is 2. The Morgan fingerprint density at radius 3 is 2.06 bits per heavy atom. The zero-order chi connectivity index (χ0) is 23.3. The molecule has 0 heterocycles. The molecule has 3 aromatic rings. The van der Waals surface area contributed by atoms with E-state index in [2.05, 4.69) is 29.7 Å². The van der Waals surface area contributed by atoms with E-state index in [9.17, 15) is 9.59 Å². The molecule has 0 aliphatic carbocycles. The van der Waals surface area contributed by atoms with Gasteiger partial charge in [-0.25, -0.2) is 5.43 Å². The third kappa shape index (κ3) is 5.96. The van der Waals surface area contributed by atoms with Crippen molar-refractivity contribution in [3.63, 3.8) is 0 Å². The Morgan fingerprint density at radius 2 is 1.47 bits per heavy atom. The number of benzene rings is 3. The van der Waals surface area contributed by atoms with E-state index in [1.54, 1.807) is 43.3 Å². The van der Waals surface area contributed by atoms with Crippen LogP contribution in [0.25, 0.3) is 0 Å². The molecule has 0 aliphatic rings. The lowest BCUT2D eigenvalue weighted by molar-refractivity contribution is 0.0954. The molecule has 0 aromatic heterocycles. The zero-order valence-corrected chi connectivity index (χ0v) is 19.5. The van der Waals surface area contributed by atoms with Crippen molar-refractivity contribution in [3.8, 4) is 0 Å². The Bertz CT molecular complexity index is 1150. The number of hydrogen-bond donors (Lipinski definition) is 2. The first-order valence-electron chi connectivity index (χ1n) is 10.1. The molecule has 0 aliphatic heterocycles. The highest BCUT2D eigenvalue weighted by molar-refractivity contribution is 6.37. The van der Waals surface area contributed by atoms with E-state index in [4.69, 9.17) is 23.2 Å². The van der Waals surface area contributed by atoms with Crippen LogP contribution in [0.1, 0.15) is 58.5 Å². The van der Waals surface area contributed by atoms with Gasteiger partial charge in [0.25, 0.3) is 11.8 Å². The number of halogens is 2. The fraction of sp³-hybridized carbons (Fsp3) is 0.160. The summed E-state index contributed by atoms with van der Waals surface area (Å²) in [6.45, 7) is 6.00. The minimum absolute atomic E-state index is 0.275. The standard InChI is InChI=1S/C25H23Cl2N3O2/c1-15(2)17-4-6-19(7-5-17)24(31)30-29-16(3)18-8-11-21(12-9-18)28-25(32)22-13-10-20(26)14-23(22)27/h4-15H,1-3H3,(H,28,32)(H,30,31)/b29-16+. The molecule has 0 saturated heterocycles. The summed E-state index contributed by atoms with van der Waals surface area (Å²) < 4.78 is 0. The van der Waals surface area contributed by atoms with Gasteiger partial charge in [0.2, 0.25) is 0 Å². The largest absolute Gasteiger partial charge is 0.322 e. The van der Waals surface area contributed by atoms with Gasteiger partial charge < -0.3 is 5.32 Å². The van der Waals surface area contributed by atoms with Crippen molar-refractivity contribution in [2.24, 2.45) is 5.10 Å². The molecule has 0 bridgehead atoms. The minimum Gasteiger partial charge on any atom is -0.322 e. The molecule has 3 aromatic carbocycles. The third-order valence-electron chi connectivity index (χ3n) is 4.90. The van der Waals surface area contributed by atoms with Crippen LogP contribution < -0.4 is 10.7 Å². The van der Waals surface area contributed by atoms with Crippen molar-refractivity contribution in [3.05, 3.63) is 99.0 Å². The summed E-state index contributed by atoms with van der Waals surface area (Å²) in [5.74, 6) is -0.202. The molecular formula is C25H23Cl2N3O2.